The van der Waals surface area contributed by atoms with Crippen molar-refractivity contribution in [3.63, 3.8) is 0 Å². The van der Waals surface area contributed by atoms with Crippen LogP contribution in [0.2, 0.25) is 5.02 Å². The number of hydrogen-bond donors (Lipinski definition) is 2. The van der Waals surface area contributed by atoms with Crippen LogP contribution in [-0.2, 0) is 15.0 Å². The SMILES string of the molecule is COc1ccc(Cl)cc1NS(=O)(=O)N(C)CCC(=O)O. The van der Waals surface area contributed by atoms with Gasteiger partial charge in [0.05, 0.1) is 19.2 Å². The molecule has 0 heterocycles. The molecule has 1 rings (SSSR count). The molecule has 0 aliphatic carbocycles. The summed E-state index contributed by atoms with van der Waals surface area (Å²) in [5.41, 5.74) is 0.183. The first kappa shape index (κ1) is 16.5. The zero-order chi connectivity index (χ0) is 15.3. The first-order chi connectivity index (χ1) is 9.26. The van der Waals surface area contributed by atoms with E-state index in [0.717, 1.165) is 4.31 Å². The van der Waals surface area contributed by atoms with E-state index in [-0.39, 0.29) is 18.7 Å². The van der Waals surface area contributed by atoms with E-state index in [2.05, 4.69) is 4.72 Å². The highest BCUT2D eigenvalue weighted by Gasteiger charge is 2.20. The Bertz CT molecular complexity index is 590. The zero-order valence-electron chi connectivity index (χ0n) is 11.0. The molecule has 0 amide bonds. The Morgan fingerprint density at radius 2 is 2.15 bits per heavy atom. The van der Waals surface area contributed by atoms with Crippen molar-refractivity contribution in [2.45, 2.75) is 6.42 Å². The van der Waals surface area contributed by atoms with E-state index in [1.54, 1.807) is 6.07 Å². The van der Waals surface area contributed by atoms with Crippen LogP contribution in [-0.4, -0.2) is 44.5 Å². The molecule has 0 aromatic heterocycles. The molecule has 1 aromatic rings. The van der Waals surface area contributed by atoms with Crippen molar-refractivity contribution in [1.29, 1.82) is 0 Å². The summed E-state index contributed by atoms with van der Waals surface area (Å²) in [4.78, 5) is 10.5. The second-order valence-electron chi connectivity index (χ2n) is 3.92. The Morgan fingerprint density at radius 3 is 2.70 bits per heavy atom. The molecule has 0 aliphatic rings. The normalized spacial score (nSPS) is 11.4. The molecule has 0 spiro atoms. The zero-order valence-corrected chi connectivity index (χ0v) is 12.5. The van der Waals surface area contributed by atoms with E-state index in [0.29, 0.717) is 10.8 Å². The van der Waals surface area contributed by atoms with E-state index in [1.165, 1.54) is 26.3 Å². The molecule has 0 saturated heterocycles. The van der Waals surface area contributed by atoms with Gasteiger partial charge in [-0.25, -0.2) is 0 Å². The van der Waals surface area contributed by atoms with Gasteiger partial charge in [-0.1, -0.05) is 11.6 Å². The molecular weight excluding hydrogens is 308 g/mol. The number of carboxylic acid groups (broad SMARTS) is 1. The largest absolute Gasteiger partial charge is 0.495 e. The molecule has 0 fully saturated rings. The first-order valence-electron chi connectivity index (χ1n) is 5.55. The number of anilines is 1. The molecular formula is C11H15ClN2O5S. The van der Waals surface area contributed by atoms with E-state index in [4.69, 9.17) is 21.4 Å². The van der Waals surface area contributed by atoms with Crippen molar-refractivity contribution in [1.82, 2.24) is 4.31 Å². The lowest BCUT2D eigenvalue weighted by atomic mass is 10.3. The van der Waals surface area contributed by atoms with Crippen molar-refractivity contribution < 1.29 is 23.1 Å². The van der Waals surface area contributed by atoms with E-state index < -0.39 is 16.2 Å². The van der Waals surface area contributed by atoms with Gasteiger partial charge in [-0.3, -0.25) is 9.52 Å². The van der Waals surface area contributed by atoms with Gasteiger partial charge in [0.1, 0.15) is 5.75 Å². The Hall–Kier alpha value is -1.51. The quantitative estimate of drug-likeness (QED) is 0.791. The fourth-order valence-electron chi connectivity index (χ4n) is 1.35. The maximum Gasteiger partial charge on any atom is 0.304 e. The standard InChI is InChI=1S/C11H15ClN2O5S/c1-14(6-5-11(15)16)20(17,18)13-9-7-8(12)3-4-10(9)19-2/h3-4,7,13H,5-6H2,1-2H3,(H,15,16). The minimum Gasteiger partial charge on any atom is -0.495 e. The van der Waals surface area contributed by atoms with Crippen molar-refractivity contribution >= 4 is 33.5 Å². The van der Waals surface area contributed by atoms with Gasteiger partial charge in [0, 0.05) is 18.6 Å². The second-order valence-corrected chi connectivity index (χ2v) is 6.13. The topological polar surface area (TPSA) is 95.9 Å². The highest BCUT2D eigenvalue weighted by molar-refractivity contribution is 7.90. The number of halogens is 1. The van der Waals surface area contributed by atoms with Crippen molar-refractivity contribution in [2.24, 2.45) is 0 Å². The van der Waals surface area contributed by atoms with Crippen molar-refractivity contribution in [3.8, 4) is 5.75 Å². The van der Waals surface area contributed by atoms with Gasteiger partial charge in [-0.2, -0.15) is 12.7 Å². The predicted molar refractivity (Wildman–Crippen MR) is 75.4 cm³/mol. The molecule has 0 atom stereocenters. The van der Waals surface area contributed by atoms with Crippen LogP contribution in [0.4, 0.5) is 5.69 Å². The third-order valence-electron chi connectivity index (χ3n) is 2.45. The molecule has 0 unspecified atom stereocenters. The maximum atomic E-state index is 12.0. The van der Waals surface area contributed by atoms with Crippen LogP contribution in [0.5, 0.6) is 5.75 Å². The number of nitrogens with one attached hydrogen (secondary N) is 1. The van der Waals surface area contributed by atoms with Crippen LogP contribution in [0.1, 0.15) is 6.42 Å². The van der Waals surface area contributed by atoms with E-state index >= 15 is 0 Å². The Labute approximate surface area is 122 Å². The average Bonchev–Trinajstić information content (AvgIpc) is 2.35. The summed E-state index contributed by atoms with van der Waals surface area (Å²) >= 11 is 5.80. The first-order valence-corrected chi connectivity index (χ1v) is 7.37. The molecule has 0 aliphatic heterocycles. The molecule has 7 nitrogen and oxygen atoms in total. The van der Waals surface area contributed by atoms with E-state index in [9.17, 15) is 13.2 Å². The van der Waals surface area contributed by atoms with Gasteiger partial charge in [0.2, 0.25) is 0 Å². The van der Waals surface area contributed by atoms with Crippen LogP contribution in [0, 0.1) is 0 Å². The number of carboxylic acids is 1. The van der Waals surface area contributed by atoms with Crippen molar-refractivity contribution in [2.75, 3.05) is 25.4 Å². The fourth-order valence-corrected chi connectivity index (χ4v) is 2.45. The van der Waals surface area contributed by atoms with E-state index in [1.807, 2.05) is 0 Å². The van der Waals surface area contributed by atoms with Crippen LogP contribution >= 0.6 is 11.6 Å². The summed E-state index contributed by atoms with van der Waals surface area (Å²) in [6.07, 6.45) is -0.288. The third-order valence-corrected chi connectivity index (χ3v) is 4.17. The summed E-state index contributed by atoms with van der Waals surface area (Å²) in [6, 6.07) is 4.49. The maximum absolute atomic E-state index is 12.0. The molecule has 0 bridgehead atoms. The molecule has 20 heavy (non-hydrogen) atoms. The molecule has 0 radical (unpaired) electrons. The second kappa shape index (κ2) is 6.78. The summed E-state index contributed by atoms with van der Waals surface area (Å²) in [7, 11) is -1.20. The van der Waals surface area contributed by atoms with Gasteiger partial charge in [-0.05, 0) is 18.2 Å². The minimum atomic E-state index is -3.88. The summed E-state index contributed by atoms with van der Waals surface area (Å²) in [5.74, 6) is -0.767. The number of benzene rings is 1. The van der Waals surface area contributed by atoms with Gasteiger partial charge in [0.15, 0.2) is 0 Å². The molecule has 0 saturated carbocycles. The van der Waals surface area contributed by atoms with Gasteiger partial charge >= 0.3 is 16.2 Å². The van der Waals surface area contributed by atoms with Crippen LogP contribution in [0.3, 0.4) is 0 Å². The lowest BCUT2D eigenvalue weighted by Crippen LogP contribution is -2.34. The number of carbonyl (C=O) groups is 1. The number of methoxy groups -OCH3 is 1. The number of nitrogens with zero attached hydrogens (tertiary/aromatic N) is 1. The Kier molecular flexibility index (Phi) is 5.61. The van der Waals surface area contributed by atoms with Gasteiger partial charge in [0.25, 0.3) is 0 Å². The molecule has 9 heteroatoms. The highest BCUT2D eigenvalue weighted by Crippen LogP contribution is 2.28. The Morgan fingerprint density at radius 1 is 1.50 bits per heavy atom. The van der Waals surface area contributed by atoms with Crippen LogP contribution < -0.4 is 9.46 Å². The fraction of sp³-hybridized carbons (Fsp3) is 0.364. The predicted octanol–water partition coefficient (Wildman–Crippen LogP) is 1.41. The number of hydrogen-bond acceptors (Lipinski definition) is 4. The lowest BCUT2D eigenvalue weighted by Gasteiger charge is -2.18. The lowest BCUT2D eigenvalue weighted by molar-refractivity contribution is -0.137. The van der Waals surface area contributed by atoms with Gasteiger partial charge in [-0.15, -0.1) is 0 Å². The average molecular weight is 323 g/mol. The monoisotopic (exact) mass is 322 g/mol. The number of ether oxygens (including phenoxy) is 1. The van der Waals surface area contributed by atoms with Crippen LogP contribution in [0.15, 0.2) is 18.2 Å². The third kappa shape index (κ3) is 4.55. The Balaban J connectivity index is 2.90. The van der Waals surface area contributed by atoms with Gasteiger partial charge < -0.3 is 9.84 Å². The smallest absolute Gasteiger partial charge is 0.304 e. The number of aliphatic carboxylic acids is 1. The van der Waals surface area contributed by atoms with Crippen LogP contribution in [0.25, 0.3) is 0 Å². The minimum absolute atomic E-state index is 0.145. The summed E-state index contributed by atoms with van der Waals surface area (Å²) in [6.45, 7) is -0.145. The summed E-state index contributed by atoms with van der Waals surface area (Å²) in [5, 5.41) is 8.90. The molecule has 2 N–H and O–H groups in total. The number of rotatable bonds is 7. The molecule has 1 aromatic carbocycles. The molecule has 112 valence electrons. The van der Waals surface area contributed by atoms with Crippen molar-refractivity contribution in [3.05, 3.63) is 23.2 Å². The highest BCUT2D eigenvalue weighted by atomic mass is 35.5. The summed E-state index contributed by atoms with van der Waals surface area (Å²) < 4.78 is 32.3.